The number of aryl methyl sites for hydroxylation is 1. The van der Waals surface area contributed by atoms with Gasteiger partial charge in [-0.2, -0.15) is 0 Å². The Labute approximate surface area is 112 Å². The van der Waals surface area contributed by atoms with Crippen molar-refractivity contribution < 1.29 is 5.11 Å². The molecule has 0 saturated carbocycles. The fraction of sp³-hybridized carbons (Fsp3) is 0.400. The quantitative estimate of drug-likeness (QED) is 0.893. The summed E-state index contributed by atoms with van der Waals surface area (Å²) in [5, 5.41) is 12.3. The predicted octanol–water partition coefficient (Wildman–Crippen LogP) is 3.54. The van der Waals surface area contributed by atoms with Crippen molar-refractivity contribution in [3.05, 3.63) is 40.2 Å². The van der Waals surface area contributed by atoms with Crippen LogP contribution in [0.15, 0.2) is 29.6 Å². The fourth-order valence-corrected chi connectivity index (χ4v) is 2.78. The molecule has 1 aromatic carbocycles. The number of aliphatic hydroxyl groups excluding tert-OH is 1. The molecule has 0 amide bonds. The Morgan fingerprint density at radius 2 is 2.00 bits per heavy atom. The number of nitrogens with zero attached hydrogens (tertiary/aromatic N) is 1. The van der Waals surface area contributed by atoms with Crippen molar-refractivity contribution >= 4 is 11.3 Å². The summed E-state index contributed by atoms with van der Waals surface area (Å²) in [6.07, 6.45) is 1.92. The number of hydrogen-bond acceptors (Lipinski definition) is 3. The lowest BCUT2D eigenvalue weighted by Gasteiger charge is -2.03. The average molecular weight is 261 g/mol. The lowest BCUT2D eigenvalue weighted by atomic mass is 10.1. The van der Waals surface area contributed by atoms with E-state index >= 15 is 0 Å². The molecule has 1 heterocycles. The molecule has 0 aliphatic heterocycles. The predicted molar refractivity (Wildman–Crippen MR) is 76.9 cm³/mol. The van der Waals surface area contributed by atoms with Gasteiger partial charge in [0, 0.05) is 24.0 Å². The van der Waals surface area contributed by atoms with Gasteiger partial charge in [0.2, 0.25) is 0 Å². The number of rotatable bonds is 5. The van der Waals surface area contributed by atoms with Gasteiger partial charge in [0.25, 0.3) is 0 Å². The van der Waals surface area contributed by atoms with E-state index < -0.39 is 0 Å². The van der Waals surface area contributed by atoms with E-state index in [1.165, 1.54) is 11.1 Å². The van der Waals surface area contributed by atoms with Gasteiger partial charge in [0.05, 0.1) is 10.7 Å². The van der Waals surface area contributed by atoms with Crippen LogP contribution in [-0.4, -0.2) is 16.7 Å². The van der Waals surface area contributed by atoms with E-state index in [4.69, 9.17) is 5.11 Å². The Balaban J connectivity index is 2.13. The molecule has 0 bridgehead atoms. The molecule has 1 aromatic heterocycles. The van der Waals surface area contributed by atoms with Crippen molar-refractivity contribution in [1.29, 1.82) is 0 Å². The van der Waals surface area contributed by atoms with Crippen LogP contribution in [0, 0.1) is 5.92 Å². The molecule has 0 radical (unpaired) electrons. The standard InChI is InChI=1S/C15H19NOS/c1-3-12-4-6-13(7-5-12)14-10-18-15(16-14)8-11(2)9-17/h4-7,10-11,17H,3,8-9H2,1-2H3. The summed E-state index contributed by atoms with van der Waals surface area (Å²) in [4.78, 5) is 4.63. The summed E-state index contributed by atoms with van der Waals surface area (Å²) in [5.74, 6) is 0.284. The van der Waals surface area contributed by atoms with Crippen LogP contribution in [0.5, 0.6) is 0 Å². The lowest BCUT2D eigenvalue weighted by molar-refractivity contribution is 0.237. The van der Waals surface area contributed by atoms with Crippen molar-refractivity contribution in [2.45, 2.75) is 26.7 Å². The molecule has 1 unspecified atom stereocenters. The summed E-state index contributed by atoms with van der Waals surface area (Å²) >= 11 is 1.68. The van der Waals surface area contributed by atoms with E-state index in [0.29, 0.717) is 0 Å². The molecule has 96 valence electrons. The second-order valence-electron chi connectivity index (χ2n) is 4.67. The van der Waals surface area contributed by atoms with Crippen molar-refractivity contribution in [3.8, 4) is 11.3 Å². The van der Waals surface area contributed by atoms with E-state index in [9.17, 15) is 0 Å². The van der Waals surface area contributed by atoms with Crippen molar-refractivity contribution in [3.63, 3.8) is 0 Å². The highest BCUT2D eigenvalue weighted by Crippen LogP contribution is 2.23. The zero-order chi connectivity index (χ0) is 13.0. The maximum Gasteiger partial charge on any atom is 0.0936 e. The molecule has 0 aliphatic carbocycles. The summed E-state index contributed by atoms with van der Waals surface area (Å²) in [6.45, 7) is 4.42. The maximum absolute atomic E-state index is 9.05. The van der Waals surface area contributed by atoms with Gasteiger partial charge in [-0.15, -0.1) is 11.3 Å². The molecule has 18 heavy (non-hydrogen) atoms. The van der Waals surface area contributed by atoms with Crippen molar-refractivity contribution in [2.75, 3.05) is 6.61 Å². The lowest BCUT2D eigenvalue weighted by Crippen LogP contribution is -2.03. The highest BCUT2D eigenvalue weighted by molar-refractivity contribution is 7.09. The van der Waals surface area contributed by atoms with Crippen LogP contribution < -0.4 is 0 Å². The SMILES string of the molecule is CCc1ccc(-c2csc(CC(C)CO)n2)cc1. The number of benzene rings is 1. The number of hydrogen-bond donors (Lipinski definition) is 1. The van der Waals surface area contributed by atoms with E-state index in [2.05, 4.69) is 41.6 Å². The van der Waals surface area contributed by atoms with Crippen molar-refractivity contribution in [1.82, 2.24) is 4.98 Å². The molecule has 0 saturated heterocycles. The molecule has 2 rings (SSSR count). The smallest absolute Gasteiger partial charge is 0.0936 e. The van der Waals surface area contributed by atoms with Gasteiger partial charge < -0.3 is 5.11 Å². The van der Waals surface area contributed by atoms with Gasteiger partial charge >= 0.3 is 0 Å². The molecule has 2 aromatic rings. The van der Waals surface area contributed by atoms with Crippen LogP contribution in [0.25, 0.3) is 11.3 Å². The van der Waals surface area contributed by atoms with Crippen LogP contribution in [-0.2, 0) is 12.8 Å². The zero-order valence-corrected chi connectivity index (χ0v) is 11.7. The Bertz CT molecular complexity index is 489. The van der Waals surface area contributed by atoms with Crippen molar-refractivity contribution in [2.24, 2.45) is 5.92 Å². The van der Waals surface area contributed by atoms with E-state index in [0.717, 1.165) is 23.5 Å². The van der Waals surface area contributed by atoms with E-state index in [1.54, 1.807) is 11.3 Å². The number of aromatic nitrogens is 1. The number of aliphatic hydroxyl groups is 1. The normalized spacial score (nSPS) is 12.6. The van der Waals surface area contributed by atoms with Crippen LogP contribution in [0.1, 0.15) is 24.4 Å². The minimum absolute atomic E-state index is 0.222. The molecule has 3 heteroatoms. The van der Waals surface area contributed by atoms with Gasteiger partial charge in [0.15, 0.2) is 0 Å². The topological polar surface area (TPSA) is 33.1 Å². The first-order valence-corrected chi connectivity index (χ1v) is 7.25. The third kappa shape index (κ3) is 3.18. The molecule has 0 fully saturated rings. The molecule has 0 spiro atoms. The van der Waals surface area contributed by atoms with Crippen LogP contribution in [0.3, 0.4) is 0 Å². The van der Waals surface area contributed by atoms with Gasteiger partial charge in [-0.1, -0.05) is 38.1 Å². The number of thiazole rings is 1. The van der Waals surface area contributed by atoms with Crippen LogP contribution >= 0.6 is 11.3 Å². The first kappa shape index (κ1) is 13.2. The second kappa shape index (κ2) is 6.12. The first-order valence-electron chi connectivity index (χ1n) is 6.37. The van der Waals surface area contributed by atoms with Crippen LogP contribution in [0.2, 0.25) is 0 Å². The summed E-state index contributed by atoms with van der Waals surface area (Å²) < 4.78 is 0. The third-order valence-corrected chi connectivity index (χ3v) is 3.92. The Hall–Kier alpha value is -1.19. The van der Waals surface area contributed by atoms with Gasteiger partial charge in [-0.3, -0.25) is 0 Å². The second-order valence-corrected chi connectivity index (χ2v) is 5.61. The van der Waals surface area contributed by atoms with Crippen LogP contribution in [0.4, 0.5) is 0 Å². The Morgan fingerprint density at radius 1 is 1.28 bits per heavy atom. The maximum atomic E-state index is 9.05. The molecular weight excluding hydrogens is 242 g/mol. The van der Waals surface area contributed by atoms with E-state index in [1.807, 2.05) is 6.92 Å². The minimum atomic E-state index is 0.222. The monoisotopic (exact) mass is 261 g/mol. The van der Waals surface area contributed by atoms with Gasteiger partial charge in [-0.25, -0.2) is 4.98 Å². The average Bonchev–Trinajstić information content (AvgIpc) is 2.87. The Morgan fingerprint density at radius 3 is 2.61 bits per heavy atom. The highest BCUT2D eigenvalue weighted by atomic mass is 32.1. The molecule has 1 atom stereocenters. The largest absolute Gasteiger partial charge is 0.396 e. The Kier molecular flexibility index (Phi) is 4.50. The van der Waals surface area contributed by atoms with Gasteiger partial charge in [-0.05, 0) is 17.9 Å². The first-order chi connectivity index (χ1) is 8.72. The summed E-state index contributed by atoms with van der Waals surface area (Å²) in [5.41, 5.74) is 3.57. The summed E-state index contributed by atoms with van der Waals surface area (Å²) in [6, 6.07) is 8.58. The molecule has 2 nitrogen and oxygen atoms in total. The zero-order valence-electron chi connectivity index (χ0n) is 10.9. The highest BCUT2D eigenvalue weighted by Gasteiger charge is 2.08. The molecular formula is C15H19NOS. The molecule has 1 N–H and O–H groups in total. The minimum Gasteiger partial charge on any atom is -0.396 e. The third-order valence-electron chi connectivity index (χ3n) is 3.04. The van der Waals surface area contributed by atoms with E-state index in [-0.39, 0.29) is 12.5 Å². The van der Waals surface area contributed by atoms with Gasteiger partial charge in [0.1, 0.15) is 0 Å². The fourth-order valence-electron chi connectivity index (χ4n) is 1.81. The summed E-state index contributed by atoms with van der Waals surface area (Å²) in [7, 11) is 0. The molecule has 0 aliphatic rings.